The van der Waals surface area contributed by atoms with Crippen molar-refractivity contribution < 1.29 is 15.0 Å². The van der Waals surface area contributed by atoms with Crippen LogP contribution in [0.2, 0.25) is 0 Å². The highest BCUT2D eigenvalue weighted by atomic mass is 16.4. The molecule has 0 aromatic heterocycles. The smallest absolute Gasteiger partial charge is 0.303 e. The number of benzene rings is 1. The Bertz CT molecular complexity index is 444. The van der Waals surface area contributed by atoms with Gasteiger partial charge in [-0.2, -0.15) is 0 Å². The van der Waals surface area contributed by atoms with Crippen molar-refractivity contribution in [2.24, 2.45) is 0 Å². The van der Waals surface area contributed by atoms with Crippen molar-refractivity contribution in [2.75, 3.05) is 0 Å². The summed E-state index contributed by atoms with van der Waals surface area (Å²) in [5, 5.41) is 18.8. The lowest BCUT2D eigenvalue weighted by atomic mass is 9.84. The van der Waals surface area contributed by atoms with Gasteiger partial charge in [0.2, 0.25) is 0 Å². The van der Waals surface area contributed by atoms with Crippen LogP contribution in [-0.2, 0) is 10.2 Å². The summed E-state index contributed by atoms with van der Waals surface area (Å²) in [6, 6.07) is 6.15. The van der Waals surface area contributed by atoms with Gasteiger partial charge in [-0.15, -0.1) is 0 Å². The van der Waals surface area contributed by atoms with Crippen LogP contribution in [0, 0.1) is 6.92 Å². The first-order valence-electron chi connectivity index (χ1n) is 6.72. The van der Waals surface area contributed by atoms with E-state index >= 15 is 0 Å². The van der Waals surface area contributed by atoms with Gasteiger partial charge in [0, 0.05) is 6.42 Å². The van der Waals surface area contributed by atoms with Crippen LogP contribution < -0.4 is 0 Å². The van der Waals surface area contributed by atoms with Gasteiger partial charge in [0.05, 0.1) is 6.10 Å². The summed E-state index contributed by atoms with van der Waals surface area (Å²) < 4.78 is 0. The molecule has 0 saturated heterocycles. The Labute approximate surface area is 115 Å². The van der Waals surface area contributed by atoms with Gasteiger partial charge in [0.15, 0.2) is 0 Å². The molecule has 0 saturated carbocycles. The number of aliphatic carboxylic acids is 1. The molecule has 0 fully saturated rings. The third-order valence-electron chi connectivity index (χ3n) is 3.37. The van der Waals surface area contributed by atoms with Crippen molar-refractivity contribution in [1.29, 1.82) is 0 Å². The fourth-order valence-electron chi connectivity index (χ4n) is 2.07. The minimum absolute atomic E-state index is 0.0449. The molecule has 1 aromatic rings. The Morgan fingerprint density at radius 3 is 2.47 bits per heavy atom. The molecule has 0 spiro atoms. The number of carbonyl (C=O) groups is 1. The first-order chi connectivity index (χ1) is 8.71. The van der Waals surface area contributed by atoms with E-state index in [2.05, 4.69) is 26.8 Å². The highest BCUT2D eigenvalue weighted by Gasteiger charge is 2.17. The molecule has 1 aromatic carbocycles. The highest BCUT2D eigenvalue weighted by molar-refractivity contribution is 5.66. The van der Waals surface area contributed by atoms with E-state index in [1.165, 1.54) is 5.56 Å². The van der Waals surface area contributed by atoms with E-state index in [1.807, 2.05) is 19.1 Å². The summed E-state index contributed by atoms with van der Waals surface area (Å²) in [5.74, 6) is -0.813. The quantitative estimate of drug-likeness (QED) is 0.854. The molecule has 0 amide bonds. The molecule has 1 unspecified atom stereocenters. The second kappa shape index (κ2) is 6.20. The van der Waals surface area contributed by atoms with Crippen LogP contribution >= 0.6 is 0 Å². The van der Waals surface area contributed by atoms with Crippen LogP contribution in [0.4, 0.5) is 0 Å². The molecule has 1 atom stereocenters. The predicted molar refractivity (Wildman–Crippen MR) is 76.3 cm³/mol. The Kier molecular flexibility index (Phi) is 5.12. The summed E-state index contributed by atoms with van der Waals surface area (Å²) >= 11 is 0. The van der Waals surface area contributed by atoms with Crippen LogP contribution in [0.5, 0.6) is 0 Å². The van der Waals surface area contributed by atoms with Gasteiger partial charge in [-0.05, 0) is 41.9 Å². The first-order valence-corrected chi connectivity index (χ1v) is 6.72. The maximum Gasteiger partial charge on any atom is 0.303 e. The van der Waals surface area contributed by atoms with Crippen LogP contribution in [0.3, 0.4) is 0 Å². The average Bonchev–Trinajstić information content (AvgIpc) is 2.27. The molecule has 0 bridgehead atoms. The molecule has 0 radical (unpaired) electrons. The second-order valence-corrected chi connectivity index (χ2v) is 6.12. The lowest BCUT2D eigenvalue weighted by molar-refractivity contribution is -0.137. The summed E-state index contributed by atoms with van der Waals surface area (Å²) in [4.78, 5) is 10.5. The average molecular weight is 264 g/mol. The number of hydrogen-bond donors (Lipinski definition) is 2. The molecular weight excluding hydrogens is 240 g/mol. The number of aliphatic hydroxyl groups is 1. The molecule has 0 heterocycles. The highest BCUT2D eigenvalue weighted by Crippen LogP contribution is 2.29. The summed E-state index contributed by atoms with van der Waals surface area (Å²) in [7, 11) is 0. The SMILES string of the molecule is Cc1ccc(C(C)(C)C)cc1C(O)CCCC(=O)O. The Morgan fingerprint density at radius 1 is 1.32 bits per heavy atom. The van der Waals surface area contributed by atoms with Crippen LogP contribution in [-0.4, -0.2) is 16.2 Å². The van der Waals surface area contributed by atoms with E-state index < -0.39 is 12.1 Å². The zero-order chi connectivity index (χ0) is 14.6. The van der Waals surface area contributed by atoms with Crippen molar-refractivity contribution in [3.8, 4) is 0 Å². The van der Waals surface area contributed by atoms with E-state index in [4.69, 9.17) is 5.11 Å². The molecule has 0 aliphatic heterocycles. The van der Waals surface area contributed by atoms with Gasteiger partial charge < -0.3 is 10.2 Å². The summed E-state index contributed by atoms with van der Waals surface area (Å²) in [6.07, 6.45) is 0.507. The normalized spacial score (nSPS) is 13.3. The van der Waals surface area contributed by atoms with E-state index in [9.17, 15) is 9.90 Å². The Balaban J connectivity index is 2.83. The number of rotatable bonds is 5. The van der Waals surface area contributed by atoms with Gasteiger partial charge in [-0.3, -0.25) is 4.79 Å². The first kappa shape index (κ1) is 15.7. The number of aryl methyl sites for hydroxylation is 1. The van der Waals surface area contributed by atoms with Crippen LogP contribution in [0.25, 0.3) is 0 Å². The zero-order valence-electron chi connectivity index (χ0n) is 12.2. The van der Waals surface area contributed by atoms with Crippen molar-refractivity contribution in [3.63, 3.8) is 0 Å². The number of hydrogen-bond acceptors (Lipinski definition) is 2. The van der Waals surface area contributed by atoms with Crippen LogP contribution in [0.15, 0.2) is 18.2 Å². The van der Waals surface area contributed by atoms with E-state index in [0.29, 0.717) is 12.8 Å². The molecular formula is C16H24O3. The van der Waals surface area contributed by atoms with Gasteiger partial charge in [-0.1, -0.05) is 39.0 Å². The zero-order valence-corrected chi connectivity index (χ0v) is 12.2. The third-order valence-corrected chi connectivity index (χ3v) is 3.37. The molecule has 0 aliphatic rings. The van der Waals surface area contributed by atoms with Gasteiger partial charge in [-0.25, -0.2) is 0 Å². The van der Waals surface area contributed by atoms with Crippen molar-refractivity contribution in [1.82, 2.24) is 0 Å². The maximum atomic E-state index is 10.5. The van der Waals surface area contributed by atoms with Crippen molar-refractivity contribution in [2.45, 2.75) is 58.5 Å². The monoisotopic (exact) mass is 264 g/mol. The Morgan fingerprint density at radius 2 is 1.95 bits per heavy atom. The van der Waals surface area contributed by atoms with Crippen molar-refractivity contribution in [3.05, 3.63) is 34.9 Å². The largest absolute Gasteiger partial charge is 0.481 e. The molecule has 1 rings (SSSR count). The fraction of sp³-hybridized carbons (Fsp3) is 0.562. The number of aliphatic hydroxyl groups excluding tert-OH is 1. The van der Waals surface area contributed by atoms with E-state index in [1.54, 1.807) is 0 Å². The molecule has 106 valence electrons. The third kappa shape index (κ3) is 4.67. The molecule has 0 aliphatic carbocycles. The number of carboxylic acid groups (broad SMARTS) is 1. The summed E-state index contributed by atoms with van der Waals surface area (Å²) in [5.41, 5.74) is 3.20. The molecule has 3 heteroatoms. The molecule has 2 N–H and O–H groups in total. The Hall–Kier alpha value is -1.35. The number of carboxylic acids is 1. The molecule has 3 nitrogen and oxygen atoms in total. The van der Waals surface area contributed by atoms with Crippen LogP contribution in [0.1, 0.15) is 62.8 Å². The maximum absolute atomic E-state index is 10.5. The van der Waals surface area contributed by atoms with Gasteiger partial charge in [0.1, 0.15) is 0 Å². The lowest BCUT2D eigenvalue weighted by Gasteiger charge is -2.22. The van der Waals surface area contributed by atoms with Gasteiger partial charge in [0.25, 0.3) is 0 Å². The lowest BCUT2D eigenvalue weighted by Crippen LogP contribution is -2.13. The predicted octanol–water partition coefficient (Wildman–Crippen LogP) is 3.58. The topological polar surface area (TPSA) is 57.5 Å². The fourth-order valence-corrected chi connectivity index (χ4v) is 2.07. The minimum Gasteiger partial charge on any atom is -0.481 e. The van der Waals surface area contributed by atoms with E-state index in [-0.39, 0.29) is 11.8 Å². The summed E-state index contributed by atoms with van der Waals surface area (Å²) in [6.45, 7) is 8.39. The van der Waals surface area contributed by atoms with Gasteiger partial charge >= 0.3 is 5.97 Å². The van der Waals surface area contributed by atoms with Crippen molar-refractivity contribution >= 4 is 5.97 Å². The molecule has 19 heavy (non-hydrogen) atoms. The second-order valence-electron chi connectivity index (χ2n) is 6.12. The van der Waals surface area contributed by atoms with E-state index in [0.717, 1.165) is 11.1 Å². The minimum atomic E-state index is -0.813. The standard InChI is InChI=1S/C16H24O3/c1-11-8-9-12(16(2,3)4)10-13(11)14(17)6-5-7-15(18)19/h8-10,14,17H,5-7H2,1-4H3,(H,18,19).